The molecule has 148 valence electrons. The Morgan fingerprint density at radius 1 is 1.24 bits per heavy atom. The topological polar surface area (TPSA) is 106 Å². The van der Waals surface area contributed by atoms with E-state index in [4.69, 9.17) is 9.52 Å². The third-order valence-electron chi connectivity index (χ3n) is 5.12. The number of hydrogen-bond donors (Lipinski definition) is 2. The molecule has 0 aliphatic heterocycles. The molecular formula is C22H20N2O5. The predicted molar refractivity (Wildman–Crippen MR) is 109 cm³/mol. The lowest BCUT2D eigenvalue weighted by molar-refractivity contribution is -0.137. The Hall–Kier alpha value is -3.61. The van der Waals surface area contributed by atoms with Crippen LogP contribution in [0.4, 0.5) is 0 Å². The van der Waals surface area contributed by atoms with E-state index in [2.05, 4.69) is 4.98 Å². The first-order valence-electron chi connectivity index (χ1n) is 9.36. The lowest BCUT2D eigenvalue weighted by Crippen LogP contribution is -2.13. The first-order chi connectivity index (χ1) is 13.9. The number of carboxylic acids is 1. The number of benzene rings is 2. The van der Waals surface area contributed by atoms with Crippen molar-refractivity contribution >= 4 is 28.0 Å². The van der Waals surface area contributed by atoms with E-state index in [1.165, 1.54) is 6.07 Å². The fourth-order valence-electron chi connectivity index (χ4n) is 3.60. The van der Waals surface area contributed by atoms with Gasteiger partial charge in [-0.15, -0.1) is 0 Å². The summed E-state index contributed by atoms with van der Waals surface area (Å²) in [5.74, 6) is -0.281. The summed E-state index contributed by atoms with van der Waals surface area (Å²) in [7, 11) is 1.81. The molecule has 29 heavy (non-hydrogen) atoms. The molecule has 0 aliphatic rings. The van der Waals surface area contributed by atoms with Crippen LogP contribution in [0.25, 0.3) is 33.4 Å². The summed E-state index contributed by atoms with van der Waals surface area (Å²) in [6, 6.07) is 10.5. The highest BCUT2D eigenvalue weighted by atomic mass is 16.4. The zero-order chi connectivity index (χ0) is 20.7. The molecule has 4 aromatic rings. The second-order valence-corrected chi connectivity index (χ2v) is 6.94. The summed E-state index contributed by atoms with van der Waals surface area (Å²) in [4.78, 5) is 29.2. The van der Waals surface area contributed by atoms with Crippen molar-refractivity contribution in [3.05, 3.63) is 57.9 Å². The van der Waals surface area contributed by atoms with Crippen LogP contribution >= 0.6 is 0 Å². The van der Waals surface area contributed by atoms with E-state index in [9.17, 15) is 14.7 Å². The molecule has 0 saturated heterocycles. The van der Waals surface area contributed by atoms with Crippen molar-refractivity contribution < 1.29 is 19.4 Å². The third-order valence-corrected chi connectivity index (χ3v) is 5.12. The molecule has 0 atom stereocenters. The van der Waals surface area contributed by atoms with Crippen LogP contribution in [0.2, 0.25) is 0 Å². The SMILES string of the molecule is CCc1cc2c(=O)c(-c3nc4ccccc4n3C)c(CCC(=O)O)oc2cc1O. The number of aliphatic carboxylic acids is 1. The predicted octanol–water partition coefficient (Wildman–Crippen LogP) is 3.63. The van der Waals surface area contributed by atoms with E-state index in [0.29, 0.717) is 23.2 Å². The Bertz CT molecular complexity index is 1320. The van der Waals surface area contributed by atoms with E-state index in [0.717, 1.165) is 11.0 Å². The normalized spacial score (nSPS) is 11.4. The molecule has 7 heteroatoms. The van der Waals surface area contributed by atoms with Crippen LogP contribution in [0.1, 0.15) is 24.7 Å². The van der Waals surface area contributed by atoms with Gasteiger partial charge in [-0.1, -0.05) is 19.1 Å². The second kappa shape index (κ2) is 7.09. The average Bonchev–Trinajstić information content (AvgIpc) is 3.02. The number of fused-ring (bicyclic) bond motifs is 2. The summed E-state index contributed by atoms with van der Waals surface area (Å²) in [6.07, 6.45) is 0.406. The van der Waals surface area contributed by atoms with Gasteiger partial charge in [0.2, 0.25) is 5.43 Å². The van der Waals surface area contributed by atoms with Gasteiger partial charge in [0, 0.05) is 19.5 Å². The van der Waals surface area contributed by atoms with Gasteiger partial charge < -0.3 is 19.2 Å². The Morgan fingerprint density at radius 2 is 2.00 bits per heavy atom. The van der Waals surface area contributed by atoms with E-state index < -0.39 is 5.97 Å². The van der Waals surface area contributed by atoms with Crippen LogP contribution in [0.3, 0.4) is 0 Å². The molecule has 0 unspecified atom stereocenters. The average molecular weight is 392 g/mol. The largest absolute Gasteiger partial charge is 0.508 e. The number of aromatic nitrogens is 2. The minimum atomic E-state index is -0.993. The molecule has 0 radical (unpaired) electrons. The number of aromatic hydroxyl groups is 1. The summed E-state index contributed by atoms with van der Waals surface area (Å²) < 4.78 is 7.74. The van der Waals surface area contributed by atoms with Crippen molar-refractivity contribution in [2.24, 2.45) is 7.05 Å². The number of carboxylic acid groups (broad SMARTS) is 1. The lowest BCUT2D eigenvalue weighted by atomic mass is 10.0. The number of hydrogen-bond acceptors (Lipinski definition) is 5. The molecule has 0 bridgehead atoms. The molecule has 7 nitrogen and oxygen atoms in total. The van der Waals surface area contributed by atoms with Crippen molar-refractivity contribution in [1.82, 2.24) is 9.55 Å². The molecule has 0 spiro atoms. The van der Waals surface area contributed by atoms with E-state index >= 15 is 0 Å². The molecule has 0 aliphatic carbocycles. The van der Waals surface area contributed by atoms with E-state index in [1.807, 2.05) is 38.2 Å². The van der Waals surface area contributed by atoms with E-state index in [-0.39, 0.29) is 40.9 Å². The van der Waals surface area contributed by atoms with Crippen molar-refractivity contribution in [3.63, 3.8) is 0 Å². The number of phenolic OH excluding ortho intramolecular Hbond substituents is 1. The van der Waals surface area contributed by atoms with Crippen molar-refractivity contribution in [2.75, 3.05) is 0 Å². The van der Waals surface area contributed by atoms with Gasteiger partial charge in [0.15, 0.2) is 0 Å². The Kier molecular flexibility index (Phi) is 4.58. The number of nitrogens with zero attached hydrogens (tertiary/aromatic N) is 2. The van der Waals surface area contributed by atoms with Gasteiger partial charge in [-0.05, 0) is 30.2 Å². The maximum Gasteiger partial charge on any atom is 0.303 e. The molecule has 4 rings (SSSR count). The quantitative estimate of drug-likeness (QED) is 0.537. The molecular weight excluding hydrogens is 372 g/mol. The van der Waals surface area contributed by atoms with Crippen LogP contribution in [-0.4, -0.2) is 25.7 Å². The smallest absolute Gasteiger partial charge is 0.303 e. The zero-order valence-electron chi connectivity index (χ0n) is 16.1. The van der Waals surface area contributed by atoms with Gasteiger partial charge in [-0.3, -0.25) is 9.59 Å². The molecule has 0 amide bonds. The molecule has 0 saturated carbocycles. The molecule has 2 N–H and O–H groups in total. The fraction of sp³-hybridized carbons (Fsp3) is 0.227. The molecule has 2 aromatic carbocycles. The number of aryl methyl sites for hydroxylation is 3. The highest BCUT2D eigenvalue weighted by Crippen LogP contribution is 2.30. The standard InChI is InChI=1S/C22H20N2O5/c1-3-12-10-13-18(11-16(12)25)29-17(8-9-19(26)27)20(21(13)28)22-23-14-6-4-5-7-15(14)24(22)2/h4-7,10-11,25H,3,8-9H2,1-2H3,(H,26,27). The van der Waals surface area contributed by atoms with E-state index in [1.54, 1.807) is 10.6 Å². The molecule has 0 fully saturated rings. The Labute approximate surface area is 165 Å². The highest BCUT2D eigenvalue weighted by Gasteiger charge is 2.22. The first-order valence-corrected chi connectivity index (χ1v) is 9.36. The zero-order valence-corrected chi connectivity index (χ0v) is 16.1. The fourth-order valence-corrected chi connectivity index (χ4v) is 3.60. The second-order valence-electron chi connectivity index (χ2n) is 6.94. The first kappa shape index (κ1) is 18.7. The van der Waals surface area contributed by atoms with Crippen LogP contribution in [0.15, 0.2) is 45.6 Å². The van der Waals surface area contributed by atoms with Crippen molar-refractivity contribution in [3.8, 4) is 17.1 Å². The number of rotatable bonds is 5. The van der Waals surface area contributed by atoms with Gasteiger partial charge in [-0.25, -0.2) is 4.98 Å². The van der Waals surface area contributed by atoms with Crippen LogP contribution < -0.4 is 5.43 Å². The maximum atomic E-state index is 13.5. The van der Waals surface area contributed by atoms with Crippen LogP contribution in [0.5, 0.6) is 5.75 Å². The summed E-state index contributed by atoms with van der Waals surface area (Å²) in [5, 5.41) is 19.6. The minimum Gasteiger partial charge on any atom is -0.508 e. The van der Waals surface area contributed by atoms with Gasteiger partial charge in [0.25, 0.3) is 0 Å². The van der Waals surface area contributed by atoms with Gasteiger partial charge >= 0.3 is 5.97 Å². The Morgan fingerprint density at radius 3 is 2.69 bits per heavy atom. The van der Waals surface area contributed by atoms with Gasteiger partial charge in [0.1, 0.15) is 28.5 Å². The number of imidazole rings is 1. The third kappa shape index (κ3) is 3.14. The number of carbonyl (C=O) groups is 1. The highest BCUT2D eigenvalue weighted by molar-refractivity contribution is 5.86. The number of para-hydroxylation sites is 2. The van der Waals surface area contributed by atoms with Gasteiger partial charge in [0.05, 0.1) is 22.8 Å². The lowest BCUT2D eigenvalue weighted by Gasteiger charge is -2.11. The monoisotopic (exact) mass is 392 g/mol. The van der Waals surface area contributed by atoms with Crippen LogP contribution in [0, 0.1) is 0 Å². The number of phenols is 1. The summed E-state index contributed by atoms with van der Waals surface area (Å²) in [5.41, 5.74) is 2.41. The Balaban J connectivity index is 2.06. The minimum absolute atomic E-state index is 0.0370. The van der Waals surface area contributed by atoms with Gasteiger partial charge in [-0.2, -0.15) is 0 Å². The summed E-state index contributed by atoms with van der Waals surface area (Å²) in [6.45, 7) is 1.89. The van der Waals surface area contributed by atoms with Crippen molar-refractivity contribution in [2.45, 2.75) is 26.2 Å². The maximum absolute atomic E-state index is 13.5. The van der Waals surface area contributed by atoms with Crippen LogP contribution in [-0.2, 0) is 24.7 Å². The van der Waals surface area contributed by atoms with Crippen molar-refractivity contribution in [1.29, 1.82) is 0 Å². The molecule has 2 aromatic heterocycles. The summed E-state index contributed by atoms with van der Waals surface area (Å²) >= 11 is 0. The molecule has 2 heterocycles.